The van der Waals surface area contributed by atoms with Crippen LogP contribution in [-0.2, 0) is 22.5 Å². The lowest BCUT2D eigenvalue weighted by Crippen LogP contribution is -2.29. The minimum Gasteiger partial charge on any atom is -0.495 e. The molecule has 0 aliphatic carbocycles. The van der Waals surface area contributed by atoms with Crippen molar-refractivity contribution < 1.29 is 24.2 Å². The molecule has 3 rings (SSSR count). The largest absolute Gasteiger partial charge is 0.495 e. The number of nitrogens with zero attached hydrogens (tertiary/aromatic N) is 1. The summed E-state index contributed by atoms with van der Waals surface area (Å²) < 4.78 is 11.0. The summed E-state index contributed by atoms with van der Waals surface area (Å²) in [6, 6.07) is 11.6. The Labute approximate surface area is 214 Å². The van der Waals surface area contributed by atoms with Crippen molar-refractivity contribution in [3.8, 4) is 16.3 Å². The van der Waals surface area contributed by atoms with Gasteiger partial charge in [-0.3, -0.25) is 4.79 Å². The van der Waals surface area contributed by atoms with Crippen LogP contribution in [-0.4, -0.2) is 41.3 Å². The highest BCUT2D eigenvalue weighted by Crippen LogP contribution is 2.31. The number of amides is 1. The molecule has 0 fully saturated rings. The number of ether oxygens (including phenoxy) is 2. The van der Waals surface area contributed by atoms with Crippen molar-refractivity contribution in [3.63, 3.8) is 0 Å². The van der Waals surface area contributed by atoms with Crippen molar-refractivity contribution in [1.29, 1.82) is 0 Å². The molecule has 0 saturated heterocycles. The number of nitrogens with one attached hydrogen (secondary N) is 1. The fourth-order valence-corrected chi connectivity index (χ4v) is 5.03. The molecule has 2 N–H and O–H groups in total. The molecule has 9 heteroatoms. The monoisotopic (exact) mass is 514 g/mol. The Morgan fingerprint density at radius 1 is 1.17 bits per heavy atom. The Kier molecular flexibility index (Phi) is 8.93. The van der Waals surface area contributed by atoms with Crippen molar-refractivity contribution >= 4 is 35.8 Å². The highest BCUT2D eigenvalue weighted by molar-refractivity contribution is 7.80. The minimum absolute atomic E-state index is 0.167. The van der Waals surface area contributed by atoms with E-state index in [2.05, 4.69) is 22.9 Å². The molecule has 1 amide bonds. The third-order valence-electron chi connectivity index (χ3n) is 5.28. The number of carboxylic acids is 1. The first-order valence-corrected chi connectivity index (χ1v) is 12.4. The predicted molar refractivity (Wildman–Crippen MR) is 140 cm³/mol. The van der Waals surface area contributed by atoms with Crippen LogP contribution in [0.1, 0.15) is 45.9 Å². The van der Waals surface area contributed by atoms with E-state index in [0.29, 0.717) is 26.8 Å². The van der Waals surface area contributed by atoms with Gasteiger partial charge in [-0.25, -0.2) is 9.78 Å². The van der Waals surface area contributed by atoms with E-state index in [9.17, 15) is 14.7 Å². The summed E-state index contributed by atoms with van der Waals surface area (Å²) >= 11 is 5.85. The van der Waals surface area contributed by atoms with Crippen LogP contribution in [0.5, 0.6) is 5.75 Å². The Morgan fingerprint density at radius 3 is 2.46 bits per heavy atom. The molecule has 3 aromatic rings. The Balaban J connectivity index is 1.79. The SMILES string of the molecule is COc1c(S)cc(CC(OC(C)C)C(=O)O)cc1CNC(=O)c1sc(-c2ccc(C)cc2)nc1C. The van der Waals surface area contributed by atoms with E-state index in [1.54, 1.807) is 19.9 Å². The highest BCUT2D eigenvalue weighted by atomic mass is 32.1. The quantitative estimate of drug-likeness (QED) is 0.327. The molecule has 0 bridgehead atoms. The minimum atomic E-state index is -1.03. The molecule has 0 aliphatic rings. The zero-order valence-electron chi connectivity index (χ0n) is 20.4. The molecule has 7 nitrogen and oxygen atoms in total. The third kappa shape index (κ3) is 6.84. The average molecular weight is 515 g/mol. The first-order chi connectivity index (χ1) is 16.6. The summed E-state index contributed by atoms with van der Waals surface area (Å²) in [6.45, 7) is 7.61. The van der Waals surface area contributed by atoms with E-state index in [1.165, 1.54) is 18.4 Å². The van der Waals surface area contributed by atoms with Gasteiger partial charge in [0.1, 0.15) is 15.6 Å². The second-order valence-corrected chi connectivity index (χ2v) is 9.99. The number of hydrogen-bond donors (Lipinski definition) is 3. The summed E-state index contributed by atoms with van der Waals surface area (Å²) in [7, 11) is 1.53. The van der Waals surface area contributed by atoms with Gasteiger partial charge in [-0.1, -0.05) is 35.9 Å². The first-order valence-electron chi connectivity index (χ1n) is 11.2. The number of rotatable bonds is 10. The molecular weight excluding hydrogens is 484 g/mol. The molecule has 0 spiro atoms. The van der Waals surface area contributed by atoms with Crippen LogP contribution in [0.15, 0.2) is 41.3 Å². The number of aryl methyl sites for hydroxylation is 2. The lowest BCUT2D eigenvalue weighted by atomic mass is 10.0. The van der Waals surface area contributed by atoms with E-state index in [4.69, 9.17) is 9.47 Å². The number of aliphatic carboxylic acids is 1. The summed E-state index contributed by atoms with van der Waals surface area (Å²) in [5.74, 6) is -0.747. The van der Waals surface area contributed by atoms with Gasteiger partial charge < -0.3 is 19.9 Å². The molecule has 0 radical (unpaired) electrons. The Bertz CT molecular complexity index is 1210. The molecular formula is C26H30N2O5S2. The number of benzene rings is 2. The van der Waals surface area contributed by atoms with Crippen molar-refractivity contribution in [2.24, 2.45) is 0 Å². The van der Waals surface area contributed by atoms with Crippen LogP contribution in [0.4, 0.5) is 0 Å². The maximum atomic E-state index is 13.0. The zero-order chi connectivity index (χ0) is 25.7. The number of thiazole rings is 1. The zero-order valence-corrected chi connectivity index (χ0v) is 22.1. The fraction of sp³-hybridized carbons (Fsp3) is 0.346. The van der Waals surface area contributed by atoms with Crippen molar-refractivity contribution in [1.82, 2.24) is 10.3 Å². The Morgan fingerprint density at radius 2 is 1.86 bits per heavy atom. The van der Waals surface area contributed by atoms with Gasteiger partial charge in [-0.2, -0.15) is 0 Å². The van der Waals surface area contributed by atoms with Crippen LogP contribution >= 0.6 is 24.0 Å². The second-order valence-electron chi connectivity index (χ2n) is 8.51. The number of methoxy groups -OCH3 is 1. The van der Waals surface area contributed by atoms with Gasteiger partial charge in [-0.05, 0) is 39.3 Å². The average Bonchev–Trinajstić information content (AvgIpc) is 3.18. The summed E-state index contributed by atoms with van der Waals surface area (Å²) in [4.78, 5) is 30.3. The number of thiol groups is 1. The van der Waals surface area contributed by atoms with Gasteiger partial charge in [0, 0.05) is 29.0 Å². The highest BCUT2D eigenvalue weighted by Gasteiger charge is 2.22. The standard InChI is InChI=1S/C26H30N2O5S2/c1-14(2)33-20(26(30)31)11-17-10-19(22(32-5)21(34)12-17)13-27-24(29)23-16(4)28-25(35-23)18-8-6-15(3)7-9-18/h6-10,12,14,20,34H,11,13H2,1-5H3,(H,27,29)(H,30,31). The summed E-state index contributed by atoms with van der Waals surface area (Å²) in [5, 5.41) is 13.2. The topological polar surface area (TPSA) is 97.8 Å². The normalized spacial score (nSPS) is 12.0. The molecule has 1 atom stereocenters. The lowest BCUT2D eigenvalue weighted by Gasteiger charge is -2.19. The maximum Gasteiger partial charge on any atom is 0.333 e. The number of carbonyl (C=O) groups is 2. The van der Waals surface area contributed by atoms with Crippen LogP contribution in [0.2, 0.25) is 0 Å². The van der Waals surface area contributed by atoms with Gasteiger partial charge in [0.2, 0.25) is 0 Å². The van der Waals surface area contributed by atoms with E-state index < -0.39 is 12.1 Å². The summed E-state index contributed by atoms with van der Waals surface area (Å²) in [5.41, 5.74) is 4.20. The van der Waals surface area contributed by atoms with E-state index in [1.807, 2.05) is 44.2 Å². The van der Waals surface area contributed by atoms with Crippen molar-refractivity contribution in [3.05, 3.63) is 63.7 Å². The maximum absolute atomic E-state index is 13.0. The fourth-order valence-electron chi connectivity index (χ4n) is 3.64. The summed E-state index contributed by atoms with van der Waals surface area (Å²) in [6.07, 6.45) is -1.05. The van der Waals surface area contributed by atoms with Gasteiger partial charge in [0.25, 0.3) is 5.91 Å². The number of carboxylic acid groups (broad SMARTS) is 1. The van der Waals surface area contributed by atoms with Gasteiger partial charge >= 0.3 is 5.97 Å². The van der Waals surface area contributed by atoms with Crippen molar-refractivity contribution in [2.45, 2.75) is 57.8 Å². The van der Waals surface area contributed by atoms with Gasteiger partial charge in [-0.15, -0.1) is 24.0 Å². The van der Waals surface area contributed by atoms with Crippen LogP contribution in [0.25, 0.3) is 10.6 Å². The second kappa shape index (κ2) is 11.7. The number of hydrogen-bond acceptors (Lipinski definition) is 7. The van der Waals surface area contributed by atoms with E-state index in [-0.39, 0.29) is 25.0 Å². The molecule has 0 saturated carbocycles. The lowest BCUT2D eigenvalue weighted by molar-refractivity contribution is -0.153. The molecule has 1 heterocycles. The molecule has 2 aromatic carbocycles. The van der Waals surface area contributed by atoms with Crippen LogP contribution in [0.3, 0.4) is 0 Å². The number of aromatic nitrogens is 1. The predicted octanol–water partition coefficient (Wildman–Crippen LogP) is 5.07. The molecule has 1 unspecified atom stereocenters. The van der Waals surface area contributed by atoms with E-state index >= 15 is 0 Å². The molecule has 186 valence electrons. The first kappa shape index (κ1) is 26.7. The van der Waals surface area contributed by atoms with Crippen LogP contribution in [0, 0.1) is 13.8 Å². The molecule has 35 heavy (non-hydrogen) atoms. The van der Waals surface area contributed by atoms with Crippen molar-refractivity contribution in [2.75, 3.05) is 7.11 Å². The van der Waals surface area contributed by atoms with E-state index in [0.717, 1.165) is 21.7 Å². The third-order valence-corrected chi connectivity index (χ3v) is 6.82. The smallest absolute Gasteiger partial charge is 0.333 e. The Hall–Kier alpha value is -2.88. The molecule has 0 aliphatic heterocycles. The van der Waals surface area contributed by atoms with Gasteiger partial charge in [0.05, 0.1) is 18.9 Å². The number of carbonyl (C=O) groups excluding carboxylic acids is 1. The molecule has 1 aromatic heterocycles. The van der Waals surface area contributed by atoms with Gasteiger partial charge in [0.15, 0.2) is 6.10 Å². The van der Waals surface area contributed by atoms with Crippen LogP contribution < -0.4 is 10.1 Å².